The van der Waals surface area contributed by atoms with Crippen LogP contribution in [0.3, 0.4) is 0 Å². The van der Waals surface area contributed by atoms with E-state index in [4.69, 9.17) is 5.73 Å². The molecule has 13 heavy (non-hydrogen) atoms. The molecule has 2 N–H and O–H groups in total. The maximum Gasteiger partial charge on any atom is 0.100 e. The van der Waals surface area contributed by atoms with E-state index >= 15 is 0 Å². The summed E-state index contributed by atoms with van der Waals surface area (Å²) < 4.78 is 0. The molecule has 0 amide bonds. The zero-order valence-electron chi connectivity index (χ0n) is 7.72. The molecule has 0 aromatic heterocycles. The molecule has 6 nitrogen and oxygen atoms in total. The Balaban J connectivity index is 2.73. The number of nitrogens with zero attached hydrogens (tertiary/aromatic N) is 3. The topological polar surface area (TPSA) is 90.8 Å². The molecule has 1 rings (SSSR count). The molecule has 0 aromatic carbocycles. The molecular formula is C7H15N4O2-. The van der Waals surface area contributed by atoms with Gasteiger partial charge in [0.2, 0.25) is 0 Å². The molecule has 1 aliphatic rings. The molecule has 0 aliphatic carbocycles. The predicted molar refractivity (Wildman–Crippen MR) is 47.4 cm³/mol. The van der Waals surface area contributed by atoms with Crippen LogP contribution in [0, 0.1) is 10.4 Å². The highest BCUT2D eigenvalue weighted by atomic mass is 16.6. The first-order valence-electron chi connectivity index (χ1n) is 4.49. The molecule has 1 saturated heterocycles. The predicted octanol–water partition coefficient (Wildman–Crippen LogP) is 0.563. The summed E-state index contributed by atoms with van der Waals surface area (Å²) in [5.74, 6) is 0. The average molecular weight is 187 g/mol. The first-order valence-corrected chi connectivity index (χ1v) is 4.49. The van der Waals surface area contributed by atoms with Gasteiger partial charge in [-0.25, -0.2) is 0 Å². The smallest absolute Gasteiger partial charge is 0.100 e. The number of rotatable bonds is 2. The van der Waals surface area contributed by atoms with Gasteiger partial charge < -0.3 is 16.1 Å². The van der Waals surface area contributed by atoms with Gasteiger partial charge in [0, 0.05) is 11.5 Å². The van der Waals surface area contributed by atoms with Gasteiger partial charge in [-0.2, -0.15) is 0 Å². The fourth-order valence-corrected chi connectivity index (χ4v) is 1.85. The minimum Gasteiger partial charge on any atom is -0.737 e. The van der Waals surface area contributed by atoms with Crippen molar-refractivity contribution in [1.82, 2.24) is 5.01 Å². The largest absolute Gasteiger partial charge is 0.737 e. The normalized spacial score (nSPS) is 30.6. The second-order valence-electron chi connectivity index (χ2n) is 3.38. The van der Waals surface area contributed by atoms with Crippen molar-refractivity contribution in [2.45, 2.75) is 38.3 Å². The lowest BCUT2D eigenvalue weighted by Gasteiger charge is -2.35. The van der Waals surface area contributed by atoms with E-state index in [1.165, 1.54) is 5.01 Å². The summed E-state index contributed by atoms with van der Waals surface area (Å²) >= 11 is 0. The first kappa shape index (κ1) is 10.0. The molecule has 0 radical (unpaired) electrons. The highest BCUT2D eigenvalue weighted by Gasteiger charge is 2.32. The SMILES string of the molecule is C[C@H]1CCCC(CN)N1/[N+]([O-])=N\[O-]. The third kappa shape index (κ3) is 2.00. The molecular weight excluding hydrogens is 172 g/mol. The third-order valence-corrected chi connectivity index (χ3v) is 2.52. The minimum absolute atomic E-state index is 0.0426. The Morgan fingerprint density at radius 1 is 1.62 bits per heavy atom. The summed E-state index contributed by atoms with van der Waals surface area (Å²) in [5.41, 5.74) is 5.50. The van der Waals surface area contributed by atoms with Crippen LogP contribution in [0.1, 0.15) is 26.2 Å². The van der Waals surface area contributed by atoms with Crippen molar-refractivity contribution in [2.24, 2.45) is 11.0 Å². The Hall–Kier alpha value is -1.04. The van der Waals surface area contributed by atoms with Gasteiger partial charge in [-0.15, -0.1) is 5.01 Å². The maximum atomic E-state index is 11.1. The van der Waals surface area contributed by atoms with E-state index in [0.717, 1.165) is 19.3 Å². The van der Waals surface area contributed by atoms with Crippen molar-refractivity contribution >= 4 is 0 Å². The van der Waals surface area contributed by atoms with E-state index in [0.29, 0.717) is 6.54 Å². The molecule has 0 saturated carbocycles. The Bertz CT molecular complexity index is 197. The van der Waals surface area contributed by atoms with E-state index in [1.54, 1.807) is 0 Å². The Morgan fingerprint density at radius 2 is 2.31 bits per heavy atom. The molecule has 1 fully saturated rings. The van der Waals surface area contributed by atoms with Crippen LogP contribution >= 0.6 is 0 Å². The van der Waals surface area contributed by atoms with Crippen molar-refractivity contribution < 1.29 is 4.97 Å². The standard InChI is InChI=1S/C7H16N4O2/c1-6-3-2-4-7(5-8)10(6)11(13)9-12/h6-7,12H,2-5,8H2,1H3/p-1/b11-9+/t6-,7?/m0/s1. The summed E-state index contributed by atoms with van der Waals surface area (Å²) in [4.78, 5) is 0.126. The van der Waals surface area contributed by atoms with Crippen LogP contribution in [0.2, 0.25) is 0 Å². The highest BCUT2D eigenvalue weighted by Crippen LogP contribution is 2.21. The fraction of sp³-hybridized carbons (Fsp3) is 1.00. The molecule has 76 valence electrons. The van der Waals surface area contributed by atoms with Crippen LogP contribution in [-0.2, 0) is 0 Å². The Morgan fingerprint density at radius 3 is 2.85 bits per heavy atom. The quantitative estimate of drug-likeness (QED) is 0.388. The summed E-state index contributed by atoms with van der Waals surface area (Å²) in [7, 11) is 0. The number of hydrogen-bond donors (Lipinski definition) is 1. The molecule has 0 bridgehead atoms. The van der Waals surface area contributed by atoms with Gasteiger partial charge in [0.05, 0.1) is 6.04 Å². The zero-order chi connectivity index (χ0) is 9.84. The lowest BCUT2D eigenvalue weighted by atomic mass is 9.99. The first-order chi connectivity index (χ1) is 6.20. The van der Waals surface area contributed by atoms with E-state index in [2.05, 4.69) is 5.28 Å². The van der Waals surface area contributed by atoms with Crippen molar-refractivity contribution in [1.29, 1.82) is 0 Å². The second-order valence-corrected chi connectivity index (χ2v) is 3.38. The number of piperidine rings is 1. The van der Waals surface area contributed by atoms with E-state index in [-0.39, 0.29) is 17.1 Å². The fourth-order valence-electron chi connectivity index (χ4n) is 1.85. The van der Waals surface area contributed by atoms with Crippen molar-refractivity contribution in [3.8, 4) is 0 Å². The van der Waals surface area contributed by atoms with Crippen LogP contribution in [0.25, 0.3) is 0 Å². The van der Waals surface area contributed by atoms with Gasteiger partial charge in [0.25, 0.3) is 0 Å². The van der Waals surface area contributed by atoms with Crippen LogP contribution in [0.5, 0.6) is 0 Å². The molecule has 1 aliphatic heterocycles. The Labute approximate surface area is 77.1 Å². The van der Waals surface area contributed by atoms with E-state index in [1.807, 2.05) is 6.92 Å². The molecule has 0 spiro atoms. The number of hydrogen-bond acceptors (Lipinski definition) is 4. The second kappa shape index (κ2) is 4.27. The monoisotopic (exact) mass is 187 g/mol. The lowest BCUT2D eigenvalue weighted by molar-refractivity contribution is -0.708. The highest BCUT2D eigenvalue weighted by molar-refractivity contribution is 4.77. The summed E-state index contributed by atoms with van der Waals surface area (Å²) in [6.07, 6.45) is 2.81. The maximum absolute atomic E-state index is 11.1. The van der Waals surface area contributed by atoms with E-state index in [9.17, 15) is 10.4 Å². The lowest BCUT2D eigenvalue weighted by Crippen LogP contribution is -2.51. The van der Waals surface area contributed by atoms with Gasteiger partial charge in [0.1, 0.15) is 6.04 Å². The van der Waals surface area contributed by atoms with Crippen molar-refractivity contribution in [3.05, 3.63) is 10.4 Å². The Kier molecular flexibility index (Phi) is 3.30. The van der Waals surface area contributed by atoms with Gasteiger partial charge in [-0.1, -0.05) is 0 Å². The van der Waals surface area contributed by atoms with Crippen LogP contribution in [-0.4, -0.2) is 28.6 Å². The average Bonchev–Trinajstić information content (AvgIpc) is 2.16. The summed E-state index contributed by atoms with van der Waals surface area (Å²) in [6, 6.07) is 0.0106. The third-order valence-electron chi connectivity index (χ3n) is 2.52. The van der Waals surface area contributed by atoms with Gasteiger partial charge >= 0.3 is 0 Å². The molecule has 6 heteroatoms. The van der Waals surface area contributed by atoms with Crippen molar-refractivity contribution in [2.75, 3.05) is 6.54 Å². The minimum atomic E-state index is -0.0426. The van der Waals surface area contributed by atoms with Crippen LogP contribution in [0.4, 0.5) is 0 Å². The molecule has 0 aromatic rings. The zero-order valence-corrected chi connectivity index (χ0v) is 7.72. The van der Waals surface area contributed by atoms with E-state index < -0.39 is 0 Å². The number of nitrogens with two attached hydrogens (primary N) is 1. The summed E-state index contributed by atoms with van der Waals surface area (Å²) in [6.45, 7) is 2.29. The molecule has 1 unspecified atom stereocenters. The summed E-state index contributed by atoms with van der Waals surface area (Å²) in [5, 5.41) is 24.9. The van der Waals surface area contributed by atoms with Crippen LogP contribution in [0.15, 0.2) is 5.28 Å². The van der Waals surface area contributed by atoms with Gasteiger partial charge in [0.15, 0.2) is 0 Å². The van der Waals surface area contributed by atoms with Crippen LogP contribution < -0.4 is 5.73 Å². The molecule has 1 heterocycles. The van der Waals surface area contributed by atoms with Gasteiger partial charge in [-0.3, -0.25) is 0 Å². The number of hydrazine groups is 1. The van der Waals surface area contributed by atoms with Crippen molar-refractivity contribution in [3.63, 3.8) is 0 Å². The molecule has 2 atom stereocenters. The van der Waals surface area contributed by atoms with Gasteiger partial charge in [-0.05, 0) is 31.5 Å².